The van der Waals surface area contributed by atoms with Crippen molar-refractivity contribution in [3.8, 4) is 0 Å². The van der Waals surface area contributed by atoms with Crippen molar-refractivity contribution >= 4 is 15.7 Å². The zero-order valence-electron chi connectivity index (χ0n) is 14.8. The van der Waals surface area contributed by atoms with Gasteiger partial charge in [0.25, 0.3) is 0 Å². The molecule has 134 valence electrons. The van der Waals surface area contributed by atoms with E-state index in [-0.39, 0.29) is 23.5 Å². The molecule has 0 unspecified atom stereocenters. The first kappa shape index (κ1) is 18.7. The number of ether oxygens (including phenoxy) is 1. The molecular weight excluding hydrogens is 314 g/mol. The normalized spacial score (nSPS) is 28.4. The summed E-state index contributed by atoms with van der Waals surface area (Å²) in [6, 6.07) is 0.0525. The number of carbonyl (C=O) groups excluding carboxylic acids is 1. The summed E-state index contributed by atoms with van der Waals surface area (Å²) >= 11 is 0. The molecular formula is C17H31NO4S. The summed E-state index contributed by atoms with van der Waals surface area (Å²) in [7, 11) is -3.42. The Balaban J connectivity index is 2.06. The number of amides is 1. The van der Waals surface area contributed by atoms with Gasteiger partial charge in [0.2, 0.25) is 5.91 Å². The second-order valence-electron chi connectivity index (χ2n) is 7.31. The maximum atomic E-state index is 12.5. The van der Waals surface area contributed by atoms with E-state index in [1.54, 1.807) is 13.8 Å². The summed E-state index contributed by atoms with van der Waals surface area (Å²) in [5, 5.41) is 1.50. The van der Waals surface area contributed by atoms with Crippen molar-refractivity contribution in [2.24, 2.45) is 5.41 Å². The van der Waals surface area contributed by atoms with Crippen LogP contribution in [0.3, 0.4) is 0 Å². The summed E-state index contributed by atoms with van der Waals surface area (Å²) in [6.45, 7) is 7.42. The van der Waals surface area contributed by atoms with E-state index in [2.05, 4.69) is 5.32 Å². The maximum Gasteiger partial charge on any atom is 0.238 e. The molecule has 23 heavy (non-hydrogen) atoms. The van der Waals surface area contributed by atoms with Crippen LogP contribution in [0.4, 0.5) is 0 Å². The highest BCUT2D eigenvalue weighted by Gasteiger charge is 2.56. The number of hydrogen-bond donors (Lipinski definition) is 1. The summed E-state index contributed by atoms with van der Waals surface area (Å²) < 4.78 is 30.3. The lowest BCUT2D eigenvalue weighted by molar-refractivity contribution is -0.156. The topological polar surface area (TPSA) is 72.5 Å². The first-order valence-corrected chi connectivity index (χ1v) is 10.5. The van der Waals surface area contributed by atoms with E-state index < -0.39 is 20.3 Å². The van der Waals surface area contributed by atoms with Gasteiger partial charge >= 0.3 is 0 Å². The highest BCUT2D eigenvalue weighted by Crippen LogP contribution is 2.53. The minimum atomic E-state index is -3.42. The molecule has 0 aliphatic heterocycles. The van der Waals surface area contributed by atoms with E-state index in [4.69, 9.17) is 4.74 Å². The van der Waals surface area contributed by atoms with Crippen molar-refractivity contribution in [2.75, 3.05) is 6.61 Å². The van der Waals surface area contributed by atoms with E-state index in [1.807, 2.05) is 6.92 Å². The average molecular weight is 346 g/mol. The lowest BCUT2D eigenvalue weighted by atomic mass is 9.55. The molecule has 0 aromatic rings. The molecule has 1 N–H and O–H groups in total. The average Bonchev–Trinajstić information content (AvgIpc) is 2.53. The Morgan fingerprint density at radius 1 is 1.22 bits per heavy atom. The minimum Gasteiger partial charge on any atom is -0.378 e. The molecule has 3 atom stereocenters. The Morgan fingerprint density at radius 3 is 2.35 bits per heavy atom. The first-order valence-electron chi connectivity index (χ1n) is 8.90. The zero-order chi connectivity index (χ0) is 17.3. The van der Waals surface area contributed by atoms with Crippen molar-refractivity contribution in [1.82, 2.24) is 5.32 Å². The molecule has 2 rings (SSSR count). The van der Waals surface area contributed by atoms with Crippen LogP contribution in [-0.4, -0.2) is 43.6 Å². The van der Waals surface area contributed by atoms with Crippen molar-refractivity contribution in [1.29, 1.82) is 0 Å². The van der Waals surface area contributed by atoms with Crippen LogP contribution in [0.15, 0.2) is 0 Å². The van der Waals surface area contributed by atoms with Crippen LogP contribution in [0.5, 0.6) is 0 Å². The van der Waals surface area contributed by atoms with Gasteiger partial charge in [-0.1, -0.05) is 19.3 Å². The van der Waals surface area contributed by atoms with Crippen LogP contribution < -0.4 is 5.32 Å². The fourth-order valence-corrected chi connectivity index (χ4v) is 5.30. The molecule has 2 fully saturated rings. The van der Waals surface area contributed by atoms with E-state index in [0.717, 1.165) is 32.1 Å². The number of nitrogens with one attached hydrogen (secondary N) is 1. The molecule has 0 heterocycles. The Hall–Kier alpha value is -0.620. The molecule has 2 aliphatic carbocycles. The lowest BCUT2D eigenvalue weighted by Gasteiger charge is -2.57. The van der Waals surface area contributed by atoms with Gasteiger partial charge in [-0.2, -0.15) is 0 Å². The molecule has 0 aromatic heterocycles. The Labute approximate surface area is 140 Å². The standard InChI is InChI=1S/C17H31NO4S/c1-5-22-15-11-14(17(15)9-7-6-8-10-17)18-16(19)13(4)23(20,21)12(2)3/h12-15H,5-11H2,1-4H3,(H,18,19)/t13-,14-,15-/m1/s1. The smallest absolute Gasteiger partial charge is 0.238 e. The van der Waals surface area contributed by atoms with E-state index in [1.165, 1.54) is 13.3 Å². The highest BCUT2D eigenvalue weighted by molar-refractivity contribution is 7.93. The molecule has 0 radical (unpaired) electrons. The second-order valence-corrected chi connectivity index (χ2v) is 10.1. The Morgan fingerprint density at radius 2 is 1.83 bits per heavy atom. The third-order valence-electron chi connectivity index (χ3n) is 5.77. The predicted octanol–water partition coefficient (Wildman–Crippen LogP) is 2.44. The van der Waals surface area contributed by atoms with Crippen molar-refractivity contribution in [3.05, 3.63) is 0 Å². The van der Waals surface area contributed by atoms with Crippen LogP contribution in [0.2, 0.25) is 0 Å². The van der Waals surface area contributed by atoms with Gasteiger partial charge in [-0.05, 0) is 47.0 Å². The number of sulfone groups is 1. The quantitative estimate of drug-likeness (QED) is 0.802. The third kappa shape index (κ3) is 3.43. The van der Waals surface area contributed by atoms with Crippen LogP contribution in [0, 0.1) is 5.41 Å². The first-order chi connectivity index (χ1) is 10.8. The molecule has 0 saturated heterocycles. The van der Waals surface area contributed by atoms with Crippen molar-refractivity contribution in [3.63, 3.8) is 0 Å². The molecule has 6 heteroatoms. The second kappa shape index (κ2) is 7.09. The Bertz CT molecular complexity index is 523. The van der Waals surface area contributed by atoms with Gasteiger partial charge in [0.05, 0.1) is 11.4 Å². The van der Waals surface area contributed by atoms with E-state index in [9.17, 15) is 13.2 Å². The van der Waals surface area contributed by atoms with Gasteiger partial charge in [0, 0.05) is 18.1 Å². The number of rotatable bonds is 6. The minimum absolute atomic E-state index is 0.0191. The molecule has 1 spiro atoms. The molecule has 2 aliphatic rings. The van der Waals surface area contributed by atoms with Crippen LogP contribution in [0.25, 0.3) is 0 Å². The SMILES string of the molecule is CCO[C@@H]1C[C@@H](NC(=O)[C@@H](C)S(=O)(=O)C(C)C)C12CCCCC2. The van der Waals surface area contributed by atoms with E-state index >= 15 is 0 Å². The van der Waals surface area contributed by atoms with Crippen molar-refractivity contribution < 1.29 is 17.9 Å². The largest absolute Gasteiger partial charge is 0.378 e. The van der Waals surface area contributed by atoms with Gasteiger partial charge in [0.15, 0.2) is 9.84 Å². The molecule has 1 amide bonds. The monoisotopic (exact) mass is 345 g/mol. The van der Waals surface area contributed by atoms with Crippen LogP contribution in [0.1, 0.15) is 66.2 Å². The fraction of sp³-hybridized carbons (Fsp3) is 0.941. The summed E-state index contributed by atoms with van der Waals surface area (Å²) in [5.74, 6) is -0.358. The number of hydrogen-bond acceptors (Lipinski definition) is 4. The highest BCUT2D eigenvalue weighted by atomic mass is 32.2. The van der Waals surface area contributed by atoms with Gasteiger partial charge in [0.1, 0.15) is 5.25 Å². The molecule has 0 bridgehead atoms. The summed E-state index contributed by atoms with van der Waals surface area (Å²) in [5.41, 5.74) is 0.0191. The third-order valence-corrected chi connectivity index (χ3v) is 8.29. The van der Waals surface area contributed by atoms with Gasteiger partial charge < -0.3 is 10.1 Å². The maximum absolute atomic E-state index is 12.5. The summed E-state index contributed by atoms with van der Waals surface area (Å²) in [4.78, 5) is 12.5. The molecule has 0 aromatic carbocycles. The summed E-state index contributed by atoms with van der Waals surface area (Å²) in [6.07, 6.45) is 6.69. The fourth-order valence-electron chi connectivity index (χ4n) is 4.11. The van der Waals surface area contributed by atoms with Gasteiger partial charge in [-0.3, -0.25) is 4.79 Å². The van der Waals surface area contributed by atoms with Crippen LogP contribution >= 0.6 is 0 Å². The van der Waals surface area contributed by atoms with Crippen molar-refractivity contribution in [2.45, 2.75) is 88.9 Å². The zero-order valence-corrected chi connectivity index (χ0v) is 15.6. The van der Waals surface area contributed by atoms with Gasteiger partial charge in [-0.15, -0.1) is 0 Å². The lowest BCUT2D eigenvalue weighted by Crippen LogP contribution is -2.66. The molecule has 2 saturated carbocycles. The predicted molar refractivity (Wildman–Crippen MR) is 91.0 cm³/mol. The Kier molecular flexibility index (Phi) is 5.77. The molecule has 5 nitrogen and oxygen atoms in total. The van der Waals surface area contributed by atoms with Gasteiger partial charge in [-0.25, -0.2) is 8.42 Å². The van der Waals surface area contributed by atoms with Crippen LogP contribution in [-0.2, 0) is 19.4 Å². The number of carbonyl (C=O) groups is 1. The van der Waals surface area contributed by atoms with E-state index in [0.29, 0.717) is 6.61 Å².